The zero-order valence-electron chi connectivity index (χ0n) is 19.4. The summed E-state index contributed by atoms with van der Waals surface area (Å²) >= 11 is 6.08. The number of fused-ring (bicyclic) bond motifs is 2. The van der Waals surface area contributed by atoms with Crippen molar-refractivity contribution >= 4 is 23.4 Å². The summed E-state index contributed by atoms with van der Waals surface area (Å²) in [6.45, 7) is 4.12. The highest BCUT2D eigenvalue weighted by Gasteiger charge is 2.42. The minimum Gasteiger partial charge on any atom is -0.449 e. The van der Waals surface area contributed by atoms with Crippen molar-refractivity contribution in [3.8, 4) is 0 Å². The van der Waals surface area contributed by atoms with E-state index >= 15 is 0 Å². The van der Waals surface area contributed by atoms with E-state index in [2.05, 4.69) is 35.2 Å². The van der Waals surface area contributed by atoms with E-state index in [0.29, 0.717) is 35.9 Å². The van der Waals surface area contributed by atoms with Crippen LogP contribution in [0.15, 0.2) is 84.9 Å². The molecule has 3 aromatic rings. The summed E-state index contributed by atoms with van der Waals surface area (Å²) in [6, 6.07) is 28.1. The maximum Gasteiger partial charge on any atom is 0.414 e. The number of benzene rings is 3. The van der Waals surface area contributed by atoms with Gasteiger partial charge in [-0.2, -0.15) is 0 Å². The standard InChI is InChI=1S/C29H31ClN2O2/c30-26-13-15-27(16-14-26)32(18-23-9-5-2-6-10-23)29(33)34-21-28-24-11-12-25(28)20-31(19-24)17-22-7-3-1-4-8-22/h1-10,13-16,24-25,28H,11-12,17-21H2. The summed E-state index contributed by atoms with van der Waals surface area (Å²) in [4.78, 5) is 17.6. The van der Waals surface area contributed by atoms with Gasteiger partial charge in [0.25, 0.3) is 0 Å². The molecule has 176 valence electrons. The number of halogens is 1. The van der Waals surface area contributed by atoms with E-state index in [1.807, 2.05) is 54.6 Å². The van der Waals surface area contributed by atoms with E-state index in [1.165, 1.54) is 18.4 Å². The maximum absolute atomic E-state index is 13.3. The minimum absolute atomic E-state index is 0.294. The highest BCUT2D eigenvalue weighted by Crippen LogP contribution is 2.42. The Balaban J connectivity index is 1.22. The molecule has 1 amide bonds. The average molecular weight is 475 g/mol. The van der Waals surface area contributed by atoms with Crippen LogP contribution in [-0.4, -0.2) is 30.7 Å². The quantitative estimate of drug-likeness (QED) is 0.384. The van der Waals surface area contributed by atoms with Crippen LogP contribution >= 0.6 is 11.6 Å². The monoisotopic (exact) mass is 474 g/mol. The van der Waals surface area contributed by atoms with Gasteiger partial charge < -0.3 is 4.74 Å². The Morgan fingerprint density at radius 2 is 1.44 bits per heavy atom. The zero-order valence-corrected chi connectivity index (χ0v) is 20.1. The summed E-state index contributed by atoms with van der Waals surface area (Å²) in [5.41, 5.74) is 3.22. The molecule has 1 aliphatic heterocycles. The minimum atomic E-state index is -0.294. The highest BCUT2D eigenvalue weighted by molar-refractivity contribution is 6.30. The lowest BCUT2D eigenvalue weighted by atomic mass is 9.85. The van der Waals surface area contributed by atoms with Gasteiger partial charge in [0, 0.05) is 36.3 Å². The van der Waals surface area contributed by atoms with Gasteiger partial charge in [-0.1, -0.05) is 72.3 Å². The van der Waals surface area contributed by atoms with Crippen LogP contribution in [0.4, 0.5) is 10.5 Å². The normalized spacial score (nSPS) is 21.9. The number of rotatable bonds is 7. The van der Waals surface area contributed by atoms with Crippen LogP contribution in [0.3, 0.4) is 0 Å². The molecule has 3 aromatic carbocycles. The number of nitrogens with zero attached hydrogens (tertiary/aromatic N) is 2. The Hall–Kier alpha value is -2.82. The molecule has 0 N–H and O–H groups in total. The van der Waals surface area contributed by atoms with Crippen LogP contribution in [0.5, 0.6) is 0 Å². The lowest BCUT2D eigenvalue weighted by Crippen LogP contribution is -2.43. The molecule has 1 heterocycles. The summed E-state index contributed by atoms with van der Waals surface area (Å²) < 4.78 is 5.97. The van der Waals surface area contributed by atoms with Gasteiger partial charge in [-0.05, 0) is 60.1 Å². The molecule has 2 fully saturated rings. The largest absolute Gasteiger partial charge is 0.449 e. The summed E-state index contributed by atoms with van der Waals surface area (Å²) in [5, 5.41) is 0.649. The number of carbonyl (C=O) groups excluding carboxylic acids is 1. The Morgan fingerprint density at radius 1 is 0.853 bits per heavy atom. The number of likely N-dealkylation sites (tertiary alicyclic amines) is 1. The first-order valence-electron chi connectivity index (χ1n) is 12.2. The lowest BCUT2D eigenvalue weighted by molar-refractivity contribution is 0.0506. The second-order valence-corrected chi connectivity index (χ2v) is 10.0. The SMILES string of the molecule is O=C(OCC1C2CCC1CN(Cc1ccccc1)C2)N(Cc1ccccc1)c1ccc(Cl)cc1. The van der Waals surface area contributed by atoms with Crippen molar-refractivity contribution in [1.82, 2.24) is 4.90 Å². The zero-order chi connectivity index (χ0) is 23.3. The Labute approximate surface area is 207 Å². The van der Waals surface area contributed by atoms with Gasteiger partial charge in [0.2, 0.25) is 0 Å². The van der Waals surface area contributed by atoms with Gasteiger partial charge in [0.15, 0.2) is 0 Å². The van der Waals surface area contributed by atoms with Crippen LogP contribution in [0.25, 0.3) is 0 Å². The highest BCUT2D eigenvalue weighted by atomic mass is 35.5. The molecular weight excluding hydrogens is 444 g/mol. The molecule has 5 rings (SSSR count). The number of anilines is 1. The van der Waals surface area contributed by atoms with Crippen molar-refractivity contribution < 1.29 is 9.53 Å². The molecule has 0 spiro atoms. The smallest absolute Gasteiger partial charge is 0.414 e. The first-order chi connectivity index (χ1) is 16.7. The number of amides is 1. The third-order valence-electron chi connectivity index (χ3n) is 7.30. The average Bonchev–Trinajstić information content (AvgIpc) is 3.10. The molecule has 0 aromatic heterocycles. The van der Waals surface area contributed by atoms with Crippen LogP contribution in [0.2, 0.25) is 5.02 Å². The van der Waals surface area contributed by atoms with Crippen molar-refractivity contribution in [2.75, 3.05) is 24.6 Å². The van der Waals surface area contributed by atoms with Gasteiger partial charge in [-0.15, -0.1) is 0 Å². The molecule has 1 saturated heterocycles. The lowest BCUT2D eigenvalue weighted by Gasteiger charge is -2.38. The molecule has 2 atom stereocenters. The number of hydrogen-bond acceptors (Lipinski definition) is 3. The third-order valence-corrected chi connectivity index (χ3v) is 7.55. The Morgan fingerprint density at radius 3 is 2.06 bits per heavy atom. The van der Waals surface area contributed by atoms with Gasteiger partial charge in [-0.3, -0.25) is 9.80 Å². The molecule has 4 nitrogen and oxygen atoms in total. The molecule has 0 radical (unpaired) electrons. The second kappa shape index (κ2) is 10.6. The molecule has 1 aliphatic carbocycles. The summed E-state index contributed by atoms with van der Waals surface area (Å²) in [5.74, 6) is 1.63. The first-order valence-corrected chi connectivity index (χ1v) is 12.5. The van der Waals surface area contributed by atoms with Crippen molar-refractivity contribution in [2.45, 2.75) is 25.9 Å². The van der Waals surface area contributed by atoms with E-state index in [1.54, 1.807) is 4.90 Å². The summed E-state index contributed by atoms with van der Waals surface area (Å²) in [6.07, 6.45) is 2.16. The topological polar surface area (TPSA) is 32.8 Å². The van der Waals surface area contributed by atoms with Crippen LogP contribution < -0.4 is 4.90 Å². The molecule has 34 heavy (non-hydrogen) atoms. The van der Waals surface area contributed by atoms with Gasteiger partial charge in [0.05, 0.1) is 13.2 Å². The predicted octanol–water partition coefficient (Wildman–Crippen LogP) is 6.64. The third kappa shape index (κ3) is 5.45. The van der Waals surface area contributed by atoms with E-state index in [4.69, 9.17) is 16.3 Å². The molecule has 2 bridgehead atoms. The number of piperidine rings is 1. The molecule has 1 saturated carbocycles. The number of hydrogen-bond donors (Lipinski definition) is 0. The van der Waals surface area contributed by atoms with Crippen LogP contribution in [-0.2, 0) is 17.8 Å². The van der Waals surface area contributed by atoms with Gasteiger partial charge in [-0.25, -0.2) is 4.79 Å². The molecule has 5 heteroatoms. The van der Waals surface area contributed by atoms with Crippen molar-refractivity contribution in [1.29, 1.82) is 0 Å². The van der Waals surface area contributed by atoms with Crippen LogP contribution in [0.1, 0.15) is 24.0 Å². The maximum atomic E-state index is 13.3. The van der Waals surface area contributed by atoms with Gasteiger partial charge >= 0.3 is 6.09 Å². The van der Waals surface area contributed by atoms with E-state index in [-0.39, 0.29) is 6.09 Å². The fourth-order valence-electron chi connectivity index (χ4n) is 5.57. The van der Waals surface area contributed by atoms with Crippen molar-refractivity contribution in [2.24, 2.45) is 17.8 Å². The Kier molecular flexibility index (Phi) is 7.17. The van der Waals surface area contributed by atoms with E-state index in [9.17, 15) is 4.79 Å². The molecule has 2 aliphatic rings. The first kappa shape index (κ1) is 22.9. The van der Waals surface area contributed by atoms with E-state index < -0.39 is 0 Å². The molecule has 2 unspecified atom stereocenters. The van der Waals surface area contributed by atoms with Crippen LogP contribution in [0, 0.1) is 17.8 Å². The van der Waals surface area contributed by atoms with Gasteiger partial charge in [0.1, 0.15) is 0 Å². The fourth-order valence-corrected chi connectivity index (χ4v) is 5.69. The second-order valence-electron chi connectivity index (χ2n) is 9.57. The predicted molar refractivity (Wildman–Crippen MR) is 137 cm³/mol. The number of ether oxygens (including phenoxy) is 1. The van der Waals surface area contributed by atoms with Crippen molar-refractivity contribution in [3.05, 3.63) is 101 Å². The number of carbonyl (C=O) groups is 1. The fraction of sp³-hybridized carbons (Fsp3) is 0.345. The van der Waals surface area contributed by atoms with Crippen molar-refractivity contribution in [3.63, 3.8) is 0 Å². The Bertz CT molecular complexity index is 1060. The molecular formula is C29H31ClN2O2. The van der Waals surface area contributed by atoms with E-state index in [0.717, 1.165) is 30.9 Å². The summed E-state index contributed by atoms with van der Waals surface area (Å²) in [7, 11) is 0.